The highest BCUT2D eigenvalue weighted by molar-refractivity contribution is 7.17. The number of thiophene rings is 1. The number of furan rings is 1. The number of methoxy groups -OCH3 is 1. The topological polar surface area (TPSA) is 51.5 Å². The molecule has 3 rings (SSSR count). The molecule has 0 saturated heterocycles. The molecule has 4 nitrogen and oxygen atoms in total. The molecule has 0 radical (unpaired) electrons. The van der Waals surface area contributed by atoms with Gasteiger partial charge in [0, 0.05) is 4.70 Å². The van der Waals surface area contributed by atoms with E-state index in [0.717, 1.165) is 5.56 Å². The molecule has 1 aromatic carbocycles. The fourth-order valence-corrected chi connectivity index (χ4v) is 3.38. The second-order valence-corrected chi connectivity index (χ2v) is 5.51. The molecule has 0 amide bonds. The zero-order valence-corrected chi connectivity index (χ0v) is 12.6. The minimum atomic E-state index is -0.466. The van der Waals surface area contributed by atoms with Crippen molar-refractivity contribution in [3.05, 3.63) is 58.9 Å². The molecule has 21 heavy (non-hydrogen) atoms. The third kappa shape index (κ3) is 2.46. The third-order valence-electron chi connectivity index (χ3n) is 3.41. The predicted octanol–water partition coefficient (Wildman–Crippen LogP) is 3.59. The van der Waals surface area contributed by atoms with Crippen LogP contribution in [0.5, 0.6) is 0 Å². The molecule has 3 aromatic rings. The van der Waals surface area contributed by atoms with E-state index in [1.54, 1.807) is 23.5 Å². The summed E-state index contributed by atoms with van der Waals surface area (Å²) in [4.78, 5) is 11.5. The minimum absolute atomic E-state index is 0.0976. The van der Waals surface area contributed by atoms with Gasteiger partial charge in [-0.05, 0) is 41.6 Å². The van der Waals surface area contributed by atoms with Gasteiger partial charge in [0.05, 0.1) is 13.2 Å². The van der Waals surface area contributed by atoms with Crippen molar-refractivity contribution in [2.75, 3.05) is 14.2 Å². The lowest BCUT2D eigenvalue weighted by Gasteiger charge is -2.13. The molecular weight excluding hydrogens is 286 g/mol. The summed E-state index contributed by atoms with van der Waals surface area (Å²) in [7, 11) is 3.21. The number of hydrogen-bond donors (Lipinski definition) is 1. The SMILES string of the molecule is CNC(c1ccc(C(=O)OC)o1)c1csc2ccccc12. The summed E-state index contributed by atoms with van der Waals surface area (Å²) < 4.78 is 11.5. The van der Waals surface area contributed by atoms with E-state index < -0.39 is 5.97 Å². The van der Waals surface area contributed by atoms with Crippen LogP contribution in [0.4, 0.5) is 0 Å². The molecule has 0 spiro atoms. The fourth-order valence-electron chi connectivity index (χ4n) is 2.39. The number of rotatable bonds is 4. The van der Waals surface area contributed by atoms with Crippen molar-refractivity contribution in [2.24, 2.45) is 0 Å². The van der Waals surface area contributed by atoms with Gasteiger partial charge in [0.25, 0.3) is 0 Å². The van der Waals surface area contributed by atoms with Crippen LogP contribution in [0, 0.1) is 0 Å². The van der Waals surface area contributed by atoms with Gasteiger partial charge in [0.2, 0.25) is 5.76 Å². The first-order valence-electron chi connectivity index (χ1n) is 6.56. The van der Waals surface area contributed by atoms with Crippen molar-refractivity contribution < 1.29 is 13.9 Å². The second kappa shape index (κ2) is 5.71. The van der Waals surface area contributed by atoms with Gasteiger partial charge >= 0.3 is 5.97 Å². The molecule has 0 bridgehead atoms. The molecule has 5 heteroatoms. The Labute approximate surface area is 126 Å². The quantitative estimate of drug-likeness (QED) is 0.748. The molecule has 0 fully saturated rings. The average molecular weight is 301 g/mol. The normalized spacial score (nSPS) is 12.5. The first-order chi connectivity index (χ1) is 10.2. The lowest BCUT2D eigenvalue weighted by Crippen LogP contribution is -2.16. The summed E-state index contributed by atoms with van der Waals surface area (Å²) >= 11 is 1.70. The third-order valence-corrected chi connectivity index (χ3v) is 4.39. The van der Waals surface area contributed by atoms with Crippen LogP contribution in [0.25, 0.3) is 10.1 Å². The smallest absolute Gasteiger partial charge is 0.373 e. The van der Waals surface area contributed by atoms with Crippen molar-refractivity contribution in [2.45, 2.75) is 6.04 Å². The highest BCUT2D eigenvalue weighted by Crippen LogP contribution is 2.34. The molecule has 0 aliphatic rings. The van der Waals surface area contributed by atoms with Crippen LogP contribution in [0.15, 0.2) is 46.2 Å². The zero-order chi connectivity index (χ0) is 14.8. The molecular formula is C16H15NO3S. The Morgan fingerprint density at radius 3 is 2.86 bits per heavy atom. The van der Waals surface area contributed by atoms with E-state index in [2.05, 4.69) is 27.6 Å². The van der Waals surface area contributed by atoms with Crippen LogP contribution in [-0.4, -0.2) is 20.1 Å². The highest BCUT2D eigenvalue weighted by atomic mass is 32.1. The summed E-state index contributed by atoms with van der Waals surface area (Å²) in [5.74, 6) is 0.444. The number of benzene rings is 1. The number of carbonyl (C=O) groups excluding carboxylic acids is 1. The van der Waals surface area contributed by atoms with Crippen LogP contribution < -0.4 is 5.32 Å². The van der Waals surface area contributed by atoms with Gasteiger partial charge in [-0.15, -0.1) is 11.3 Å². The van der Waals surface area contributed by atoms with E-state index in [0.29, 0.717) is 5.76 Å². The van der Waals surface area contributed by atoms with Gasteiger partial charge in [0.15, 0.2) is 0 Å². The van der Waals surface area contributed by atoms with Crippen LogP contribution in [0.1, 0.15) is 27.9 Å². The first kappa shape index (κ1) is 13.9. The number of esters is 1. The molecule has 2 heterocycles. The van der Waals surface area contributed by atoms with Crippen LogP contribution in [-0.2, 0) is 4.74 Å². The Morgan fingerprint density at radius 2 is 2.10 bits per heavy atom. The Kier molecular flexibility index (Phi) is 3.77. The van der Waals surface area contributed by atoms with E-state index in [-0.39, 0.29) is 11.8 Å². The Hall–Kier alpha value is -2.11. The number of ether oxygens (including phenoxy) is 1. The van der Waals surface area contributed by atoms with Crippen LogP contribution in [0.2, 0.25) is 0 Å². The van der Waals surface area contributed by atoms with E-state index in [1.165, 1.54) is 17.2 Å². The number of nitrogens with one attached hydrogen (secondary N) is 1. The summed E-state index contributed by atoms with van der Waals surface area (Å²) in [5.41, 5.74) is 1.14. The molecule has 0 saturated carbocycles. The Bertz CT molecular complexity index is 775. The maximum Gasteiger partial charge on any atom is 0.373 e. The minimum Gasteiger partial charge on any atom is -0.463 e. The molecule has 1 atom stereocenters. The van der Waals surface area contributed by atoms with E-state index in [9.17, 15) is 4.79 Å². The van der Waals surface area contributed by atoms with Crippen molar-refractivity contribution in [1.82, 2.24) is 5.32 Å². The largest absolute Gasteiger partial charge is 0.463 e. The van der Waals surface area contributed by atoms with Gasteiger partial charge in [-0.25, -0.2) is 4.79 Å². The van der Waals surface area contributed by atoms with Gasteiger partial charge in [-0.3, -0.25) is 0 Å². The molecule has 1 N–H and O–H groups in total. The molecule has 108 valence electrons. The van der Waals surface area contributed by atoms with Crippen molar-refractivity contribution in [3.63, 3.8) is 0 Å². The fraction of sp³-hybridized carbons (Fsp3) is 0.188. The summed E-state index contributed by atoms with van der Waals surface area (Å²) in [5, 5.41) is 6.55. The Balaban J connectivity index is 2.02. The van der Waals surface area contributed by atoms with Crippen LogP contribution >= 0.6 is 11.3 Å². The standard InChI is InChI=1S/C16H15NO3S/c1-17-15(12-7-8-13(20-12)16(18)19-2)11-9-21-14-6-4-3-5-10(11)14/h3-9,15,17H,1-2H3. The zero-order valence-electron chi connectivity index (χ0n) is 11.8. The van der Waals surface area contributed by atoms with Crippen LogP contribution in [0.3, 0.4) is 0 Å². The number of fused-ring (bicyclic) bond motifs is 1. The predicted molar refractivity (Wildman–Crippen MR) is 82.8 cm³/mol. The summed E-state index contributed by atoms with van der Waals surface area (Å²) in [6.07, 6.45) is 0. The van der Waals surface area contributed by atoms with Gasteiger partial charge in [-0.2, -0.15) is 0 Å². The molecule has 2 aromatic heterocycles. The van der Waals surface area contributed by atoms with E-state index in [1.807, 2.05) is 19.2 Å². The van der Waals surface area contributed by atoms with Crippen molar-refractivity contribution in [3.8, 4) is 0 Å². The highest BCUT2D eigenvalue weighted by Gasteiger charge is 2.21. The van der Waals surface area contributed by atoms with Crippen molar-refractivity contribution in [1.29, 1.82) is 0 Å². The molecule has 0 aliphatic heterocycles. The lowest BCUT2D eigenvalue weighted by atomic mass is 10.0. The maximum atomic E-state index is 11.5. The average Bonchev–Trinajstić information content (AvgIpc) is 3.15. The summed E-state index contributed by atoms with van der Waals surface area (Å²) in [6.45, 7) is 0. The summed E-state index contributed by atoms with van der Waals surface area (Å²) in [6, 6.07) is 11.6. The van der Waals surface area contributed by atoms with Gasteiger partial charge in [0.1, 0.15) is 5.76 Å². The van der Waals surface area contributed by atoms with Gasteiger partial charge in [-0.1, -0.05) is 18.2 Å². The van der Waals surface area contributed by atoms with Crippen molar-refractivity contribution >= 4 is 27.4 Å². The number of hydrogen-bond acceptors (Lipinski definition) is 5. The Morgan fingerprint density at radius 1 is 1.29 bits per heavy atom. The second-order valence-electron chi connectivity index (χ2n) is 4.60. The van der Waals surface area contributed by atoms with Gasteiger partial charge < -0.3 is 14.5 Å². The number of carbonyl (C=O) groups is 1. The maximum absolute atomic E-state index is 11.5. The lowest BCUT2D eigenvalue weighted by molar-refractivity contribution is 0.0562. The first-order valence-corrected chi connectivity index (χ1v) is 7.44. The molecule has 1 unspecified atom stereocenters. The van der Waals surface area contributed by atoms with E-state index in [4.69, 9.17) is 4.42 Å². The molecule has 0 aliphatic carbocycles. The monoisotopic (exact) mass is 301 g/mol. The van der Waals surface area contributed by atoms with E-state index >= 15 is 0 Å².